The molecule has 0 bridgehead atoms. The number of carboxylic acid groups (broad SMARTS) is 1. The molecule has 1 aliphatic heterocycles. The molecule has 0 aromatic heterocycles. The first kappa shape index (κ1) is 71.2. The minimum Gasteiger partial charge on any atom is -0.479 e. The van der Waals surface area contributed by atoms with Crippen LogP contribution < -0.4 is 0 Å². The van der Waals surface area contributed by atoms with E-state index in [1.54, 1.807) is 0 Å². The van der Waals surface area contributed by atoms with Crippen molar-refractivity contribution >= 4 is 23.9 Å². The number of hydrogen-bond acceptors (Lipinski definition) is 11. The summed E-state index contributed by atoms with van der Waals surface area (Å²) >= 11 is 0. The first-order valence-corrected chi connectivity index (χ1v) is 30.9. The number of unbranched alkanes of at least 4 members (excludes halogenated alkanes) is 26. The zero-order chi connectivity index (χ0) is 56.1. The number of aliphatic hydroxyl groups is 2. The number of aliphatic carboxylic acids is 1. The van der Waals surface area contributed by atoms with E-state index < -0.39 is 67.3 Å². The van der Waals surface area contributed by atoms with Gasteiger partial charge in [0.1, 0.15) is 18.8 Å². The second kappa shape index (κ2) is 52.8. The third-order valence-electron chi connectivity index (χ3n) is 13.7. The molecule has 0 saturated carbocycles. The molecule has 1 heterocycles. The molecule has 0 aromatic rings. The smallest absolute Gasteiger partial charge is 0.335 e. The van der Waals surface area contributed by atoms with Crippen molar-refractivity contribution in [3.63, 3.8) is 0 Å². The van der Waals surface area contributed by atoms with E-state index in [2.05, 4.69) is 93.7 Å². The molecular weight excluding hydrogens is 973 g/mol. The zero-order valence-corrected chi connectivity index (χ0v) is 48.7. The fraction of sp³-hybridized carbons (Fsp3) is 0.754. The number of carbonyl (C=O) groups is 4. The van der Waals surface area contributed by atoms with E-state index in [0.717, 1.165) is 154 Å². The second-order valence-corrected chi connectivity index (χ2v) is 20.9. The largest absolute Gasteiger partial charge is 0.479 e. The molecule has 12 nitrogen and oxygen atoms in total. The van der Waals surface area contributed by atoms with E-state index in [1.807, 2.05) is 0 Å². The highest BCUT2D eigenvalue weighted by atomic mass is 16.7. The molecule has 0 spiro atoms. The summed E-state index contributed by atoms with van der Waals surface area (Å²) in [5.74, 6) is -3.15. The van der Waals surface area contributed by atoms with Crippen molar-refractivity contribution in [2.45, 2.75) is 302 Å². The molecule has 0 aromatic carbocycles. The quantitative estimate of drug-likeness (QED) is 0.0228. The standard InChI is InChI=1S/C65H110O12/c1-4-7-10-13-16-19-22-25-27-29-31-34-36-39-42-45-48-51-57(66)73-54-56(75-58(67)52-49-46-43-40-37-33-24-21-18-15-12-9-6-3)55-74-65-63(61(70)60(69)62(77-65)64(71)72)76-59(68)53-50-47-44-41-38-35-32-30-28-26-23-20-17-14-11-8-5-2/h7,10,16-17,19-21,24-28,56,60-63,65,69-70H,4-6,8-9,11-15,18,22-23,29-55H2,1-3H3,(H,71,72)/b10-7-,19-16-,20-17-,24-21-,27-25-,28-26-. The highest BCUT2D eigenvalue weighted by Gasteiger charge is 2.50. The van der Waals surface area contributed by atoms with Crippen LogP contribution in [-0.4, -0.2) is 89.2 Å². The summed E-state index contributed by atoms with van der Waals surface area (Å²) in [6.07, 6.45) is 54.3. The van der Waals surface area contributed by atoms with E-state index in [4.69, 9.17) is 23.7 Å². The molecule has 1 saturated heterocycles. The minimum atomic E-state index is -1.91. The highest BCUT2D eigenvalue weighted by Crippen LogP contribution is 2.26. The predicted molar refractivity (Wildman–Crippen MR) is 312 cm³/mol. The Morgan fingerprint density at radius 1 is 0.442 bits per heavy atom. The number of ether oxygens (including phenoxy) is 5. The third-order valence-corrected chi connectivity index (χ3v) is 13.7. The molecule has 0 amide bonds. The van der Waals surface area contributed by atoms with E-state index in [0.29, 0.717) is 19.3 Å². The molecule has 1 aliphatic rings. The normalized spacial score (nSPS) is 18.5. The van der Waals surface area contributed by atoms with Gasteiger partial charge in [-0.15, -0.1) is 0 Å². The predicted octanol–water partition coefficient (Wildman–Crippen LogP) is 16.1. The molecule has 0 aliphatic carbocycles. The summed E-state index contributed by atoms with van der Waals surface area (Å²) in [4.78, 5) is 51.2. The van der Waals surface area contributed by atoms with Crippen molar-refractivity contribution in [3.05, 3.63) is 72.9 Å². The molecule has 6 unspecified atom stereocenters. The van der Waals surface area contributed by atoms with Crippen molar-refractivity contribution in [2.75, 3.05) is 13.2 Å². The SMILES string of the molecule is CC/C=C\C/C=C\C/C=C\CCCCCCCCCC(=O)OCC(COC1OC(C(=O)O)C(O)C(O)C1OC(=O)CCCCCCCCC/C=C\C/C=C\CCCCC)OC(=O)CCCCCCC/C=C\CCCCCC. The van der Waals surface area contributed by atoms with Crippen molar-refractivity contribution in [1.82, 2.24) is 0 Å². The summed E-state index contributed by atoms with van der Waals surface area (Å²) in [6.45, 7) is 5.84. The molecule has 1 fully saturated rings. The third kappa shape index (κ3) is 42.7. The Bertz CT molecular complexity index is 1620. The van der Waals surface area contributed by atoms with E-state index in [1.165, 1.54) is 51.4 Å². The summed E-state index contributed by atoms with van der Waals surface area (Å²) in [6, 6.07) is 0. The number of carbonyl (C=O) groups excluding carboxylic acids is 3. The average Bonchev–Trinajstić information content (AvgIpc) is 3.42. The highest BCUT2D eigenvalue weighted by molar-refractivity contribution is 5.74. The lowest BCUT2D eigenvalue weighted by molar-refractivity contribution is -0.301. The maximum atomic E-state index is 13.1. The van der Waals surface area contributed by atoms with Crippen LogP contribution in [0, 0.1) is 0 Å². The van der Waals surface area contributed by atoms with Crippen LogP contribution in [0.25, 0.3) is 0 Å². The van der Waals surface area contributed by atoms with Crippen LogP contribution >= 0.6 is 0 Å². The van der Waals surface area contributed by atoms with E-state index in [9.17, 15) is 34.5 Å². The fourth-order valence-corrected chi connectivity index (χ4v) is 9.00. The summed E-state index contributed by atoms with van der Waals surface area (Å²) in [5, 5.41) is 31.5. The summed E-state index contributed by atoms with van der Waals surface area (Å²) in [5.41, 5.74) is 0. The van der Waals surface area contributed by atoms with Gasteiger partial charge in [-0.1, -0.05) is 209 Å². The van der Waals surface area contributed by atoms with Crippen LogP contribution in [-0.2, 0) is 42.9 Å². The Morgan fingerprint density at radius 2 is 0.818 bits per heavy atom. The number of aliphatic hydroxyl groups excluding tert-OH is 2. The van der Waals surface area contributed by atoms with Gasteiger partial charge in [-0.05, 0) is 109 Å². The van der Waals surface area contributed by atoms with Gasteiger partial charge in [-0.3, -0.25) is 14.4 Å². The Morgan fingerprint density at radius 3 is 1.29 bits per heavy atom. The minimum absolute atomic E-state index is 0.0485. The van der Waals surface area contributed by atoms with Gasteiger partial charge >= 0.3 is 23.9 Å². The number of esters is 3. The molecule has 6 atom stereocenters. The van der Waals surface area contributed by atoms with Crippen molar-refractivity contribution in [3.8, 4) is 0 Å². The van der Waals surface area contributed by atoms with Gasteiger partial charge < -0.3 is 39.0 Å². The number of hydrogen-bond donors (Lipinski definition) is 3. The summed E-state index contributed by atoms with van der Waals surface area (Å²) in [7, 11) is 0. The number of rotatable bonds is 52. The first-order valence-electron chi connectivity index (χ1n) is 30.9. The Hall–Kier alpha value is -3.84. The zero-order valence-electron chi connectivity index (χ0n) is 48.7. The van der Waals surface area contributed by atoms with Crippen LogP contribution in [0.15, 0.2) is 72.9 Å². The van der Waals surface area contributed by atoms with Crippen LogP contribution in [0.4, 0.5) is 0 Å². The maximum Gasteiger partial charge on any atom is 0.335 e. The van der Waals surface area contributed by atoms with Gasteiger partial charge in [-0.25, -0.2) is 4.79 Å². The Kier molecular flexibility index (Phi) is 48.8. The van der Waals surface area contributed by atoms with Gasteiger partial charge in [-0.2, -0.15) is 0 Å². The summed E-state index contributed by atoms with van der Waals surface area (Å²) < 4.78 is 28.5. The number of allylic oxidation sites excluding steroid dienone is 12. The lowest BCUT2D eigenvalue weighted by atomic mass is 9.98. The molecular formula is C65H110O12. The number of carboxylic acids is 1. The molecule has 442 valence electrons. The van der Waals surface area contributed by atoms with Gasteiger partial charge in [0.05, 0.1) is 6.61 Å². The Labute approximate surface area is 468 Å². The fourth-order valence-electron chi connectivity index (χ4n) is 9.00. The monoisotopic (exact) mass is 1080 g/mol. The average molecular weight is 1080 g/mol. The topological polar surface area (TPSA) is 175 Å². The van der Waals surface area contributed by atoms with Crippen LogP contribution in [0.1, 0.15) is 265 Å². The first-order chi connectivity index (χ1) is 37.6. The van der Waals surface area contributed by atoms with E-state index in [-0.39, 0.29) is 25.9 Å². The van der Waals surface area contributed by atoms with Crippen molar-refractivity contribution in [2.24, 2.45) is 0 Å². The Balaban J connectivity index is 2.68. The molecule has 3 N–H and O–H groups in total. The molecule has 77 heavy (non-hydrogen) atoms. The second-order valence-electron chi connectivity index (χ2n) is 20.9. The van der Waals surface area contributed by atoms with Crippen LogP contribution in [0.3, 0.4) is 0 Å². The van der Waals surface area contributed by atoms with Crippen LogP contribution in [0.2, 0.25) is 0 Å². The van der Waals surface area contributed by atoms with Gasteiger partial charge in [0.2, 0.25) is 0 Å². The van der Waals surface area contributed by atoms with Gasteiger partial charge in [0.25, 0.3) is 0 Å². The molecule has 12 heteroatoms. The van der Waals surface area contributed by atoms with Crippen molar-refractivity contribution < 1.29 is 58.2 Å². The van der Waals surface area contributed by atoms with E-state index >= 15 is 0 Å². The lowest BCUT2D eigenvalue weighted by Gasteiger charge is -2.40. The van der Waals surface area contributed by atoms with Gasteiger partial charge in [0.15, 0.2) is 24.6 Å². The molecule has 0 radical (unpaired) electrons. The lowest BCUT2D eigenvalue weighted by Crippen LogP contribution is -2.61. The van der Waals surface area contributed by atoms with Gasteiger partial charge in [0, 0.05) is 19.3 Å². The van der Waals surface area contributed by atoms with Crippen LogP contribution in [0.5, 0.6) is 0 Å². The maximum absolute atomic E-state index is 13.1. The molecule has 1 rings (SSSR count). The van der Waals surface area contributed by atoms with Crippen molar-refractivity contribution in [1.29, 1.82) is 0 Å².